The van der Waals surface area contributed by atoms with Gasteiger partial charge in [-0.2, -0.15) is 0 Å². The van der Waals surface area contributed by atoms with Gasteiger partial charge in [0.05, 0.1) is 12.6 Å². The van der Waals surface area contributed by atoms with Crippen LogP contribution in [0.15, 0.2) is 4.99 Å². The minimum atomic E-state index is 0.177. The highest BCUT2D eigenvalue weighted by atomic mass is 16.5. The lowest BCUT2D eigenvalue weighted by atomic mass is 9.98. The Kier molecular flexibility index (Phi) is 9.54. The van der Waals surface area contributed by atoms with E-state index in [0.717, 1.165) is 71.0 Å². The molecule has 2 aliphatic carbocycles. The van der Waals surface area contributed by atoms with E-state index in [0.29, 0.717) is 18.7 Å². The van der Waals surface area contributed by atoms with Gasteiger partial charge in [-0.05, 0) is 44.9 Å². The molecule has 2 N–H and O–H groups in total. The second kappa shape index (κ2) is 12.4. The van der Waals surface area contributed by atoms with Gasteiger partial charge in [0.15, 0.2) is 5.96 Å². The van der Waals surface area contributed by atoms with E-state index in [1.807, 2.05) is 7.05 Å². The first-order valence-electron chi connectivity index (χ1n) is 11.8. The summed E-state index contributed by atoms with van der Waals surface area (Å²) in [6, 6.07) is 0.450. The molecule has 3 aliphatic rings. The van der Waals surface area contributed by atoms with E-state index in [2.05, 4.69) is 25.4 Å². The summed E-state index contributed by atoms with van der Waals surface area (Å²) in [5.41, 5.74) is 0. The van der Waals surface area contributed by atoms with Crippen molar-refractivity contribution in [3.63, 3.8) is 0 Å². The third-order valence-corrected chi connectivity index (χ3v) is 6.20. The second-order valence-corrected chi connectivity index (χ2v) is 8.77. The van der Waals surface area contributed by atoms with E-state index in [4.69, 9.17) is 4.74 Å². The lowest BCUT2D eigenvalue weighted by Crippen LogP contribution is -2.54. The third kappa shape index (κ3) is 8.51. The van der Waals surface area contributed by atoms with Crippen LogP contribution in [0.25, 0.3) is 0 Å². The largest absolute Gasteiger partial charge is 0.378 e. The van der Waals surface area contributed by atoms with Crippen molar-refractivity contribution in [3.05, 3.63) is 0 Å². The van der Waals surface area contributed by atoms with Crippen LogP contribution in [0.3, 0.4) is 0 Å². The molecule has 0 aromatic heterocycles. The van der Waals surface area contributed by atoms with Crippen LogP contribution in [0.4, 0.5) is 0 Å². The van der Waals surface area contributed by atoms with Crippen LogP contribution >= 0.6 is 0 Å². The van der Waals surface area contributed by atoms with Crippen molar-refractivity contribution in [2.75, 3.05) is 52.9 Å². The average Bonchev–Trinajstić information content (AvgIpc) is 3.55. The van der Waals surface area contributed by atoms with Gasteiger partial charge in [-0.3, -0.25) is 14.7 Å². The van der Waals surface area contributed by atoms with Gasteiger partial charge < -0.3 is 20.3 Å². The Morgan fingerprint density at radius 2 is 1.76 bits per heavy atom. The van der Waals surface area contributed by atoms with Crippen LogP contribution in [0.5, 0.6) is 0 Å². The zero-order valence-corrected chi connectivity index (χ0v) is 18.3. The molecule has 0 unspecified atom stereocenters. The summed E-state index contributed by atoms with van der Waals surface area (Å²) in [4.78, 5) is 21.0. The van der Waals surface area contributed by atoms with E-state index in [1.54, 1.807) is 0 Å². The number of nitrogens with one attached hydrogen (secondary N) is 2. The topological polar surface area (TPSA) is 69.2 Å². The van der Waals surface area contributed by atoms with Gasteiger partial charge in [0, 0.05) is 52.4 Å². The number of rotatable bonds is 10. The first-order chi connectivity index (χ1) is 14.2. The number of hydrogen-bond acceptors (Lipinski definition) is 4. The molecular formula is C22H41N5O2. The van der Waals surface area contributed by atoms with Crippen LogP contribution in [-0.2, 0) is 9.53 Å². The van der Waals surface area contributed by atoms with Crippen LogP contribution in [0.1, 0.15) is 64.2 Å². The Bertz CT molecular complexity index is 509. The number of carbonyl (C=O) groups is 1. The molecule has 2 saturated carbocycles. The summed E-state index contributed by atoms with van der Waals surface area (Å²) in [6.07, 6.45) is 12.9. The predicted octanol–water partition coefficient (Wildman–Crippen LogP) is 1.98. The van der Waals surface area contributed by atoms with E-state index < -0.39 is 0 Å². The van der Waals surface area contributed by atoms with Crippen LogP contribution < -0.4 is 10.6 Å². The molecule has 0 aromatic rings. The van der Waals surface area contributed by atoms with Gasteiger partial charge in [-0.25, -0.2) is 0 Å². The van der Waals surface area contributed by atoms with Crippen LogP contribution in [-0.4, -0.2) is 86.7 Å². The zero-order valence-electron chi connectivity index (χ0n) is 18.3. The fraction of sp³-hybridized carbons (Fsp3) is 0.909. The Morgan fingerprint density at radius 1 is 1.00 bits per heavy atom. The molecular weight excluding hydrogens is 366 g/mol. The number of aliphatic imine (C=N–C) groups is 1. The average molecular weight is 408 g/mol. The summed E-state index contributed by atoms with van der Waals surface area (Å²) in [5, 5.41) is 6.58. The zero-order chi connectivity index (χ0) is 20.3. The maximum absolute atomic E-state index is 12.0. The summed E-state index contributed by atoms with van der Waals surface area (Å²) in [6.45, 7) is 6.07. The molecule has 7 heteroatoms. The number of ether oxygens (including phenoxy) is 1. The molecule has 3 fully saturated rings. The molecule has 0 aromatic carbocycles. The van der Waals surface area contributed by atoms with Crippen molar-refractivity contribution in [2.45, 2.75) is 76.4 Å². The summed E-state index contributed by atoms with van der Waals surface area (Å²) < 4.78 is 6.00. The highest BCUT2D eigenvalue weighted by Gasteiger charge is 2.25. The summed E-state index contributed by atoms with van der Waals surface area (Å²) in [5.74, 6) is 1.17. The van der Waals surface area contributed by atoms with Crippen molar-refractivity contribution in [2.24, 2.45) is 4.99 Å². The maximum atomic E-state index is 12.0. The van der Waals surface area contributed by atoms with Crippen LogP contribution in [0, 0.1) is 0 Å². The van der Waals surface area contributed by atoms with Crippen molar-refractivity contribution in [1.29, 1.82) is 0 Å². The summed E-state index contributed by atoms with van der Waals surface area (Å²) >= 11 is 0. The number of guanidine groups is 1. The van der Waals surface area contributed by atoms with E-state index in [1.165, 1.54) is 38.5 Å². The van der Waals surface area contributed by atoms with Crippen molar-refractivity contribution in [1.82, 2.24) is 20.4 Å². The minimum Gasteiger partial charge on any atom is -0.378 e. The first kappa shape index (κ1) is 22.3. The van der Waals surface area contributed by atoms with E-state index in [9.17, 15) is 4.79 Å². The molecule has 0 spiro atoms. The maximum Gasteiger partial charge on any atom is 0.234 e. The van der Waals surface area contributed by atoms with Crippen molar-refractivity contribution < 1.29 is 9.53 Å². The standard InChI is InChI=1S/C22H41N5O2/c1-23-22(24-12-6-3-7-17-29-20-8-4-2-5-9-20)27-15-13-26(14-16-27)18-21(28)25-19-10-11-19/h19-20H,2-18H2,1H3,(H,23,24)(H,25,28). The molecule has 29 heavy (non-hydrogen) atoms. The number of hydrogen-bond donors (Lipinski definition) is 2. The second-order valence-electron chi connectivity index (χ2n) is 8.77. The third-order valence-electron chi connectivity index (χ3n) is 6.20. The number of nitrogens with zero attached hydrogens (tertiary/aromatic N) is 3. The van der Waals surface area contributed by atoms with Crippen molar-refractivity contribution >= 4 is 11.9 Å². The Labute approximate surface area is 176 Å². The van der Waals surface area contributed by atoms with Gasteiger partial charge in [-0.15, -0.1) is 0 Å². The van der Waals surface area contributed by atoms with Crippen LogP contribution in [0.2, 0.25) is 0 Å². The molecule has 1 saturated heterocycles. The fourth-order valence-corrected chi connectivity index (χ4v) is 4.24. The molecule has 3 rings (SSSR count). The lowest BCUT2D eigenvalue weighted by molar-refractivity contribution is -0.122. The lowest BCUT2D eigenvalue weighted by Gasteiger charge is -2.36. The molecule has 1 amide bonds. The molecule has 0 atom stereocenters. The normalized spacial score (nSPS) is 22.0. The number of unbranched alkanes of at least 4 members (excludes halogenated alkanes) is 2. The highest BCUT2D eigenvalue weighted by molar-refractivity contribution is 5.80. The molecule has 0 bridgehead atoms. The van der Waals surface area contributed by atoms with Crippen molar-refractivity contribution in [3.8, 4) is 0 Å². The van der Waals surface area contributed by atoms with Gasteiger partial charge >= 0.3 is 0 Å². The van der Waals surface area contributed by atoms with Gasteiger partial charge in [-0.1, -0.05) is 19.3 Å². The summed E-state index contributed by atoms with van der Waals surface area (Å²) in [7, 11) is 1.86. The Balaban J connectivity index is 1.20. The highest BCUT2D eigenvalue weighted by Crippen LogP contribution is 2.20. The minimum absolute atomic E-state index is 0.177. The molecule has 166 valence electrons. The molecule has 1 heterocycles. The monoisotopic (exact) mass is 407 g/mol. The fourth-order valence-electron chi connectivity index (χ4n) is 4.24. The molecule has 1 aliphatic heterocycles. The number of carbonyl (C=O) groups excluding carboxylic acids is 1. The van der Waals surface area contributed by atoms with E-state index >= 15 is 0 Å². The predicted molar refractivity (Wildman–Crippen MR) is 117 cm³/mol. The molecule has 7 nitrogen and oxygen atoms in total. The Hall–Kier alpha value is -1.34. The van der Waals surface area contributed by atoms with Gasteiger partial charge in [0.25, 0.3) is 0 Å². The SMILES string of the molecule is CN=C(NCCCCCOC1CCCCC1)N1CCN(CC(=O)NC2CC2)CC1. The van der Waals surface area contributed by atoms with E-state index in [-0.39, 0.29) is 5.91 Å². The number of amides is 1. The number of piperazine rings is 1. The van der Waals surface area contributed by atoms with Gasteiger partial charge in [0.2, 0.25) is 5.91 Å². The smallest absolute Gasteiger partial charge is 0.234 e. The molecule has 0 radical (unpaired) electrons. The van der Waals surface area contributed by atoms with Gasteiger partial charge in [0.1, 0.15) is 0 Å². The Morgan fingerprint density at radius 3 is 2.45 bits per heavy atom. The quantitative estimate of drug-likeness (QED) is 0.329. The first-order valence-corrected chi connectivity index (χ1v) is 11.8.